The first-order valence-electron chi connectivity index (χ1n) is 11.8. The fraction of sp³-hybridized carbons (Fsp3) is 0.345. The predicted molar refractivity (Wildman–Crippen MR) is 129 cm³/mol. The number of Topliss-reactive ketones (excluding diaryl/α,β-unsaturated/α-hetero) is 1. The summed E-state index contributed by atoms with van der Waals surface area (Å²) >= 11 is 0. The summed E-state index contributed by atoms with van der Waals surface area (Å²) in [6.07, 6.45) is 5.20. The number of ether oxygens (including phenoxy) is 2. The Bertz CT molecular complexity index is 1060. The Labute approximate surface area is 195 Å². The van der Waals surface area contributed by atoms with Crippen LogP contribution in [0.25, 0.3) is 11.1 Å². The molecule has 3 aromatic rings. The quantitative estimate of drug-likeness (QED) is 0.339. The van der Waals surface area contributed by atoms with Crippen molar-refractivity contribution in [2.75, 3.05) is 0 Å². The number of benzene rings is 3. The Morgan fingerprint density at radius 2 is 1.79 bits per heavy atom. The molecule has 1 aliphatic rings. The van der Waals surface area contributed by atoms with E-state index in [1.165, 1.54) is 11.6 Å². The Morgan fingerprint density at radius 3 is 2.58 bits per heavy atom. The molecule has 0 amide bonds. The Hall–Kier alpha value is -2.98. The normalized spacial score (nSPS) is 17.8. The summed E-state index contributed by atoms with van der Waals surface area (Å²) < 4.78 is 26.3. The number of hydrogen-bond acceptors (Lipinski definition) is 3. The lowest BCUT2D eigenvalue weighted by Crippen LogP contribution is -2.15. The van der Waals surface area contributed by atoms with Gasteiger partial charge in [-0.1, -0.05) is 48.5 Å². The zero-order valence-electron chi connectivity index (χ0n) is 19.1. The van der Waals surface area contributed by atoms with Crippen LogP contribution in [0.2, 0.25) is 0 Å². The van der Waals surface area contributed by atoms with Crippen molar-refractivity contribution in [3.8, 4) is 16.9 Å². The third-order valence-corrected chi connectivity index (χ3v) is 6.16. The molecule has 4 heteroatoms. The van der Waals surface area contributed by atoms with E-state index in [0.29, 0.717) is 13.0 Å². The van der Waals surface area contributed by atoms with Gasteiger partial charge < -0.3 is 14.3 Å². The van der Waals surface area contributed by atoms with Crippen molar-refractivity contribution < 1.29 is 18.7 Å². The highest BCUT2D eigenvalue weighted by molar-refractivity contribution is 5.75. The molecule has 2 atom stereocenters. The summed E-state index contributed by atoms with van der Waals surface area (Å²) in [6.45, 7) is 2.24. The van der Waals surface area contributed by atoms with Crippen molar-refractivity contribution in [2.45, 2.75) is 64.3 Å². The highest BCUT2D eigenvalue weighted by Gasteiger charge is 2.27. The van der Waals surface area contributed by atoms with Gasteiger partial charge >= 0.3 is 0 Å². The van der Waals surface area contributed by atoms with E-state index in [0.717, 1.165) is 54.5 Å². The van der Waals surface area contributed by atoms with Gasteiger partial charge in [0, 0.05) is 12.8 Å². The van der Waals surface area contributed by atoms with E-state index in [-0.39, 0.29) is 23.8 Å². The highest BCUT2D eigenvalue weighted by atomic mass is 19.1. The molecule has 3 nitrogen and oxygen atoms in total. The first-order chi connectivity index (χ1) is 16.1. The molecule has 0 aromatic heterocycles. The van der Waals surface area contributed by atoms with Crippen LogP contribution < -0.4 is 4.74 Å². The van der Waals surface area contributed by atoms with Gasteiger partial charge in [-0.25, -0.2) is 4.39 Å². The third-order valence-electron chi connectivity index (χ3n) is 6.16. The van der Waals surface area contributed by atoms with Crippen molar-refractivity contribution in [1.29, 1.82) is 0 Å². The fourth-order valence-corrected chi connectivity index (χ4v) is 4.44. The molecule has 4 rings (SSSR count). The summed E-state index contributed by atoms with van der Waals surface area (Å²) in [5.74, 6) is 0.716. The largest absolute Gasteiger partial charge is 0.490 e. The van der Waals surface area contributed by atoms with Gasteiger partial charge in [-0.3, -0.25) is 0 Å². The number of hydrogen-bond donors (Lipinski definition) is 0. The standard InChI is InChI=1S/C29H31FO3/c1-21(31)7-5-10-23-13-14-28(19-29(23)24-11-6-12-25(30)17-24)33-27-16-15-26(18-27)32-20-22-8-3-2-4-9-22/h2-4,6,8-9,11-14,17,19,26-27H,5,7,10,15-16,18,20H2,1H3/t26-,27+/m1/s1. The Balaban J connectivity index is 1.42. The minimum absolute atomic E-state index is 0.106. The summed E-state index contributed by atoms with van der Waals surface area (Å²) in [7, 11) is 0. The molecule has 0 spiro atoms. The fourth-order valence-electron chi connectivity index (χ4n) is 4.44. The maximum absolute atomic E-state index is 13.9. The molecule has 3 aromatic carbocycles. The molecule has 1 saturated carbocycles. The van der Waals surface area contributed by atoms with Gasteiger partial charge in [-0.05, 0) is 79.1 Å². The van der Waals surface area contributed by atoms with Gasteiger partial charge in [0.2, 0.25) is 0 Å². The summed E-state index contributed by atoms with van der Waals surface area (Å²) in [4.78, 5) is 11.4. The number of aryl methyl sites for hydroxylation is 1. The van der Waals surface area contributed by atoms with Crippen LogP contribution in [0.3, 0.4) is 0 Å². The van der Waals surface area contributed by atoms with E-state index >= 15 is 0 Å². The van der Waals surface area contributed by atoms with Gasteiger partial charge in [0.25, 0.3) is 0 Å². The first kappa shape index (κ1) is 23.2. The van der Waals surface area contributed by atoms with Gasteiger partial charge in [0.15, 0.2) is 0 Å². The van der Waals surface area contributed by atoms with Crippen LogP contribution in [-0.2, 0) is 22.6 Å². The molecule has 0 aliphatic heterocycles. The lowest BCUT2D eigenvalue weighted by molar-refractivity contribution is -0.117. The molecular weight excluding hydrogens is 415 g/mol. The molecule has 0 radical (unpaired) electrons. The topological polar surface area (TPSA) is 35.5 Å². The molecule has 0 saturated heterocycles. The van der Waals surface area contributed by atoms with Gasteiger partial charge in [-0.2, -0.15) is 0 Å². The van der Waals surface area contributed by atoms with Crippen molar-refractivity contribution in [3.05, 3.63) is 89.7 Å². The van der Waals surface area contributed by atoms with Crippen LogP contribution in [0.1, 0.15) is 50.2 Å². The highest BCUT2D eigenvalue weighted by Crippen LogP contribution is 2.33. The van der Waals surface area contributed by atoms with E-state index in [2.05, 4.69) is 12.1 Å². The van der Waals surface area contributed by atoms with Crippen molar-refractivity contribution in [3.63, 3.8) is 0 Å². The Kier molecular flexibility index (Phi) is 7.90. The number of halogens is 1. The summed E-state index contributed by atoms with van der Waals surface area (Å²) in [5, 5.41) is 0. The molecular formula is C29H31FO3. The van der Waals surface area contributed by atoms with Crippen LogP contribution in [0, 0.1) is 5.82 Å². The molecule has 0 N–H and O–H groups in total. The van der Waals surface area contributed by atoms with Crippen LogP contribution in [0.4, 0.5) is 4.39 Å². The second-order valence-electron chi connectivity index (χ2n) is 8.86. The molecule has 1 fully saturated rings. The lowest BCUT2D eigenvalue weighted by Gasteiger charge is -2.17. The van der Waals surface area contributed by atoms with Crippen LogP contribution >= 0.6 is 0 Å². The average Bonchev–Trinajstić information content (AvgIpc) is 3.26. The van der Waals surface area contributed by atoms with Gasteiger partial charge in [-0.15, -0.1) is 0 Å². The van der Waals surface area contributed by atoms with Crippen molar-refractivity contribution in [1.82, 2.24) is 0 Å². The summed E-state index contributed by atoms with van der Waals surface area (Å²) in [6, 6.07) is 22.9. The minimum atomic E-state index is -0.261. The van der Waals surface area contributed by atoms with Crippen molar-refractivity contribution >= 4 is 5.78 Å². The van der Waals surface area contributed by atoms with Crippen molar-refractivity contribution in [2.24, 2.45) is 0 Å². The predicted octanol–water partition coefficient (Wildman–Crippen LogP) is 6.92. The molecule has 0 bridgehead atoms. The third kappa shape index (κ3) is 6.75. The maximum Gasteiger partial charge on any atom is 0.129 e. The second-order valence-corrected chi connectivity index (χ2v) is 8.86. The Morgan fingerprint density at radius 1 is 0.970 bits per heavy atom. The maximum atomic E-state index is 13.9. The monoisotopic (exact) mass is 446 g/mol. The smallest absolute Gasteiger partial charge is 0.129 e. The van der Waals surface area contributed by atoms with Gasteiger partial charge in [0.1, 0.15) is 23.5 Å². The number of ketones is 1. The molecule has 172 valence electrons. The second kappa shape index (κ2) is 11.2. The lowest BCUT2D eigenvalue weighted by atomic mass is 9.95. The van der Waals surface area contributed by atoms with E-state index in [9.17, 15) is 9.18 Å². The molecule has 0 unspecified atom stereocenters. The van der Waals surface area contributed by atoms with Gasteiger partial charge in [0.05, 0.1) is 12.7 Å². The molecule has 33 heavy (non-hydrogen) atoms. The van der Waals surface area contributed by atoms with E-state index in [1.807, 2.05) is 42.5 Å². The zero-order valence-corrected chi connectivity index (χ0v) is 19.1. The SMILES string of the molecule is CC(=O)CCCc1ccc(O[C@H]2CC[C@@H](OCc3ccccc3)C2)cc1-c1cccc(F)c1. The van der Waals surface area contributed by atoms with Crippen LogP contribution in [0.5, 0.6) is 5.75 Å². The van der Waals surface area contributed by atoms with Crippen LogP contribution in [0.15, 0.2) is 72.8 Å². The van der Waals surface area contributed by atoms with E-state index in [1.54, 1.807) is 19.1 Å². The van der Waals surface area contributed by atoms with E-state index in [4.69, 9.17) is 9.47 Å². The van der Waals surface area contributed by atoms with Crippen LogP contribution in [-0.4, -0.2) is 18.0 Å². The summed E-state index contributed by atoms with van der Waals surface area (Å²) in [5.41, 5.74) is 4.07. The number of rotatable bonds is 10. The molecule has 1 aliphatic carbocycles. The minimum Gasteiger partial charge on any atom is -0.490 e. The average molecular weight is 447 g/mol. The number of carbonyl (C=O) groups is 1. The van der Waals surface area contributed by atoms with E-state index < -0.39 is 0 Å². The molecule has 0 heterocycles. The first-order valence-corrected chi connectivity index (χ1v) is 11.8. The zero-order chi connectivity index (χ0) is 23.0. The number of carbonyl (C=O) groups excluding carboxylic acids is 1.